The van der Waals surface area contributed by atoms with E-state index in [1.165, 1.54) is 0 Å². The molecule has 5 heteroatoms. The second-order valence-electron chi connectivity index (χ2n) is 4.98. The van der Waals surface area contributed by atoms with E-state index in [0.29, 0.717) is 17.2 Å². The molecule has 1 unspecified atom stereocenters. The minimum Gasteiger partial charge on any atom is -0.493 e. The van der Waals surface area contributed by atoms with Crippen LogP contribution in [0.5, 0.6) is 17.2 Å². The Hall–Kier alpha value is -1.46. The highest BCUT2D eigenvalue weighted by molar-refractivity contribution is 5.53. The largest absolute Gasteiger partial charge is 0.493 e. The highest BCUT2D eigenvalue weighted by atomic mass is 16.5. The van der Waals surface area contributed by atoms with E-state index in [4.69, 9.17) is 14.2 Å². The van der Waals surface area contributed by atoms with Crippen LogP contribution in [-0.2, 0) is 6.54 Å². The number of rotatable bonds is 6. The van der Waals surface area contributed by atoms with Crippen molar-refractivity contribution < 1.29 is 19.3 Å². The fourth-order valence-corrected chi connectivity index (χ4v) is 2.77. The van der Waals surface area contributed by atoms with Crippen LogP contribution < -0.4 is 14.2 Å². The number of aliphatic hydroxyl groups excluding tert-OH is 1. The standard InChI is InChI=1S/C15H23NO4/c1-18-13-7-11(8-14(19-2)15(13)20-3)9-16-6-4-5-12(16)10-17/h7-8,12,17H,4-6,9-10H2,1-3H3. The maximum atomic E-state index is 9.39. The molecular weight excluding hydrogens is 258 g/mol. The van der Waals surface area contributed by atoms with E-state index >= 15 is 0 Å². The molecule has 0 aliphatic carbocycles. The summed E-state index contributed by atoms with van der Waals surface area (Å²) in [6.45, 7) is 2.01. The van der Waals surface area contributed by atoms with Crippen LogP contribution in [-0.4, -0.2) is 50.5 Å². The molecule has 0 bridgehead atoms. The van der Waals surface area contributed by atoms with Crippen molar-refractivity contribution in [2.75, 3.05) is 34.5 Å². The fraction of sp³-hybridized carbons (Fsp3) is 0.600. The zero-order valence-corrected chi connectivity index (χ0v) is 12.4. The van der Waals surface area contributed by atoms with E-state index in [9.17, 15) is 5.11 Å². The summed E-state index contributed by atoms with van der Waals surface area (Å²) < 4.78 is 16.1. The first kappa shape index (κ1) is 14.9. The zero-order valence-electron chi connectivity index (χ0n) is 12.4. The zero-order chi connectivity index (χ0) is 14.5. The number of aliphatic hydroxyl groups is 1. The average molecular weight is 281 g/mol. The minimum absolute atomic E-state index is 0.213. The van der Waals surface area contributed by atoms with Gasteiger partial charge in [0, 0.05) is 12.6 Å². The number of hydrogen-bond donors (Lipinski definition) is 1. The van der Waals surface area contributed by atoms with Crippen molar-refractivity contribution in [1.29, 1.82) is 0 Å². The van der Waals surface area contributed by atoms with E-state index in [2.05, 4.69) is 4.90 Å². The van der Waals surface area contributed by atoms with Gasteiger partial charge in [0.1, 0.15) is 0 Å². The first-order valence-electron chi connectivity index (χ1n) is 6.87. The average Bonchev–Trinajstić information content (AvgIpc) is 2.93. The number of benzene rings is 1. The Balaban J connectivity index is 2.23. The Kier molecular flexibility index (Phi) is 5.09. The molecule has 0 aromatic heterocycles. The Morgan fingerprint density at radius 3 is 2.30 bits per heavy atom. The van der Waals surface area contributed by atoms with Crippen LogP contribution in [0.4, 0.5) is 0 Å². The second kappa shape index (κ2) is 6.81. The van der Waals surface area contributed by atoms with Crippen LogP contribution in [0.15, 0.2) is 12.1 Å². The van der Waals surface area contributed by atoms with Gasteiger partial charge in [-0.15, -0.1) is 0 Å². The first-order valence-corrected chi connectivity index (χ1v) is 6.87. The van der Waals surface area contributed by atoms with Gasteiger partial charge in [0.2, 0.25) is 5.75 Å². The minimum atomic E-state index is 0.213. The molecule has 1 saturated heterocycles. The molecule has 1 aliphatic rings. The van der Waals surface area contributed by atoms with Gasteiger partial charge in [-0.25, -0.2) is 0 Å². The van der Waals surface area contributed by atoms with Crippen molar-refractivity contribution in [3.63, 3.8) is 0 Å². The predicted octanol–water partition coefficient (Wildman–Crippen LogP) is 1.67. The highest BCUT2D eigenvalue weighted by Gasteiger charge is 2.24. The molecule has 0 amide bonds. The summed E-state index contributed by atoms with van der Waals surface area (Å²) in [5.74, 6) is 1.95. The maximum Gasteiger partial charge on any atom is 0.203 e. The quantitative estimate of drug-likeness (QED) is 0.859. The van der Waals surface area contributed by atoms with Crippen LogP contribution in [0.2, 0.25) is 0 Å². The smallest absolute Gasteiger partial charge is 0.203 e. The molecule has 0 radical (unpaired) electrons. The molecule has 0 saturated carbocycles. The number of likely N-dealkylation sites (tertiary alicyclic amines) is 1. The third-order valence-corrected chi connectivity index (χ3v) is 3.82. The number of methoxy groups -OCH3 is 3. The summed E-state index contributed by atoms with van der Waals surface area (Å²) >= 11 is 0. The van der Waals surface area contributed by atoms with Crippen molar-refractivity contribution in [3.05, 3.63) is 17.7 Å². The van der Waals surface area contributed by atoms with Crippen LogP contribution >= 0.6 is 0 Å². The maximum absolute atomic E-state index is 9.39. The molecule has 2 rings (SSSR count). The van der Waals surface area contributed by atoms with Gasteiger partial charge in [-0.1, -0.05) is 0 Å². The molecule has 1 aliphatic heterocycles. The van der Waals surface area contributed by atoms with Gasteiger partial charge in [-0.05, 0) is 37.1 Å². The Bertz CT molecular complexity index is 424. The summed E-state index contributed by atoms with van der Waals surface area (Å²) in [4.78, 5) is 2.29. The number of ether oxygens (including phenoxy) is 3. The highest BCUT2D eigenvalue weighted by Crippen LogP contribution is 2.38. The van der Waals surface area contributed by atoms with Gasteiger partial charge >= 0.3 is 0 Å². The summed E-state index contributed by atoms with van der Waals surface area (Å²) in [7, 11) is 4.84. The number of hydrogen-bond acceptors (Lipinski definition) is 5. The molecule has 5 nitrogen and oxygen atoms in total. The van der Waals surface area contributed by atoms with E-state index in [-0.39, 0.29) is 12.6 Å². The van der Waals surface area contributed by atoms with Crippen molar-refractivity contribution in [2.24, 2.45) is 0 Å². The van der Waals surface area contributed by atoms with Crippen molar-refractivity contribution in [2.45, 2.75) is 25.4 Å². The van der Waals surface area contributed by atoms with Crippen molar-refractivity contribution >= 4 is 0 Å². The van der Waals surface area contributed by atoms with Gasteiger partial charge in [0.05, 0.1) is 27.9 Å². The third-order valence-electron chi connectivity index (χ3n) is 3.82. The lowest BCUT2D eigenvalue weighted by atomic mass is 10.1. The molecule has 1 atom stereocenters. The fourth-order valence-electron chi connectivity index (χ4n) is 2.77. The monoisotopic (exact) mass is 281 g/mol. The summed E-state index contributed by atoms with van der Waals surface area (Å²) in [6.07, 6.45) is 2.19. The number of nitrogens with zero attached hydrogens (tertiary/aromatic N) is 1. The SMILES string of the molecule is COc1cc(CN2CCCC2CO)cc(OC)c1OC. The molecule has 112 valence electrons. The van der Waals surface area contributed by atoms with Crippen LogP contribution in [0.25, 0.3) is 0 Å². The van der Waals surface area contributed by atoms with Gasteiger partial charge in [0.25, 0.3) is 0 Å². The lowest BCUT2D eigenvalue weighted by molar-refractivity contribution is 0.153. The van der Waals surface area contributed by atoms with Gasteiger partial charge < -0.3 is 19.3 Å². The molecule has 0 spiro atoms. The molecular formula is C15H23NO4. The Labute approximate surface area is 120 Å². The van der Waals surface area contributed by atoms with Gasteiger partial charge in [-0.2, -0.15) is 0 Å². The molecule has 1 fully saturated rings. The predicted molar refractivity (Wildman–Crippen MR) is 76.6 cm³/mol. The Morgan fingerprint density at radius 1 is 1.15 bits per heavy atom. The molecule has 1 aromatic rings. The van der Waals surface area contributed by atoms with Gasteiger partial charge in [-0.3, -0.25) is 4.90 Å². The first-order chi connectivity index (χ1) is 9.73. The normalized spacial score (nSPS) is 19.1. The van der Waals surface area contributed by atoms with Crippen LogP contribution in [0.1, 0.15) is 18.4 Å². The van der Waals surface area contributed by atoms with E-state index < -0.39 is 0 Å². The van der Waals surface area contributed by atoms with E-state index in [0.717, 1.165) is 31.5 Å². The lowest BCUT2D eigenvalue weighted by Crippen LogP contribution is -2.31. The van der Waals surface area contributed by atoms with E-state index in [1.807, 2.05) is 12.1 Å². The van der Waals surface area contributed by atoms with Crippen LogP contribution in [0.3, 0.4) is 0 Å². The molecule has 20 heavy (non-hydrogen) atoms. The lowest BCUT2D eigenvalue weighted by Gasteiger charge is -2.23. The third kappa shape index (κ3) is 2.99. The van der Waals surface area contributed by atoms with Crippen molar-refractivity contribution in [3.8, 4) is 17.2 Å². The summed E-state index contributed by atoms with van der Waals surface area (Å²) in [5, 5.41) is 9.39. The van der Waals surface area contributed by atoms with E-state index in [1.54, 1.807) is 21.3 Å². The van der Waals surface area contributed by atoms with Crippen molar-refractivity contribution in [1.82, 2.24) is 4.90 Å². The molecule has 1 heterocycles. The molecule has 1 aromatic carbocycles. The summed E-state index contributed by atoms with van der Waals surface area (Å²) in [6, 6.07) is 4.19. The van der Waals surface area contributed by atoms with Crippen LogP contribution in [0, 0.1) is 0 Å². The second-order valence-corrected chi connectivity index (χ2v) is 4.98. The summed E-state index contributed by atoms with van der Waals surface area (Å²) in [5.41, 5.74) is 1.10. The topological polar surface area (TPSA) is 51.2 Å². The Morgan fingerprint density at radius 2 is 1.80 bits per heavy atom. The van der Waals surface area contributed by atoms with Gasteiger partial charge in [0.15, 0.2) is 11.5 Å². The molecule has 1 N–H and O–H groups in total.